The zero-order valence-electron chi connectivity index (χ0n) is 16.7. The van der Waals surface area contributed by atoms with E-state index >= 15 is 0 Å². The van der Waals surface area contributed by atoms with Crippen LogP contribution < -0.4 is 9.46 Å². The molecule has 10 heteroatoms. The van der Waals surface area contributed by atoms with Crippen molar-refractivity contribution in [1.29, 1.82) is 0 Å². The second-order valence-corrected chi connectivity index (χ2v) is 7.73. The van der Waals surface area contributed by atoms with Crippen molar-refractivity contribution in [2.24, 2.45) is 0 Å². The van der Waals surface area contributed by atoms with Gasteiger partial charge in [-0.1, -0.05) is 31.7 Å². The minimum atomic E-state index is -2.33. The number of fused-ring (bicyclic) bond motifs is 1. The van der Waals surface area contributed by atoms with E-state index < -0.39 is 40.8 Å². The molecule has 2 aromatic carbocycles. The Hall–Kier alpha value is -2.75. The fourth-order valence-corrected chi connectivity index (χ4v) is 3.72. The van der Waals surface area contributed by atoms with E-state index in [-0.39, 0.29) is 5.69 Å². The van der Waals surface area contributed by atoms with E-state index in [4.69, 9.17) is 0 Å². The summed E-state index contributed by atoms with van der Waals surface area (Å²) >= 11 is 1.55. The Morgan fingerprint density at radius 2 is 1.68 bits per heavy atom. The summed E-state index contributed by atoms with van der Waals surface area (Å²) in [4.78, 5) is 15.2. The van der Waals surface area contributed by atoms with Gasteiger partial charge in [0.1, 0.15) is 5.69 Å². The van der Waals surface area contributed by atoms with Crippen LogP contribution in [0.5, 0.6) is 5.75 Å². The van der Waals surface area contributed by atoms with Gasteiger partial charge >= 0.3 is 5.97 Å². The summed E-state index contributed by atoms with van der Waals surface area (Å²) < 4.78 is 75.2. The molecule has 0 amide bonds. The lowest BCUT2D eigenvalue weighted by Crippen LogP contribution is -2.15. The summed E-state index contributed by atoms with van der Waals surface area (Å²) in [6.07, 6.45) is 3.34. The molecule has 0 aliphatic carbocycles. The van der Waals surface area contributed by atoms with Crippen LogP contribution in [-0.4, -0.2) is 16.7 Å². The maximum absolute atomic E-state index is 13.8. The first-order chi connectivity index (χ1) is 14.8. The van der Waals surface area contributed by atoms with Crippen LogP contribution in [0.4, 0.5) is 27.6 Å². The van der Waals surface area contributed by atoms with Gasteiger partial charge in [-0.25, -0.2) is 18.0 Å². The van der Waals surface area contributed by atoms with Gasteiger partial charge in [0.25, 0.3) is 0 Å². The number of unbranched alkanes of at least 4 members (excludes halogenated alkanes) is 2. The lowest BCUT2D eigenvalue weighted by Gasteiger charge is -2.08. The van der Waals surface area contributed by atoms with Crippen molar-refractivity contribution in [2.45, 2.75) is 33.1 Å². The number of carbonyl (C=O) groups excluding carboxylic acids is 1. The molecule has 0 atom stereocenters. The van der Waals surface area contributed by atoms with Crippen LogP contribution in [-0.2, 0) is 0 Å². The van der Waals surface area contributed by atoms with Gasteiger partial charge in [0.05, 0.1) is 0 Å². The molecule has 0 saturated carbocycles. The molecule has 1 aromatic heterocycles. The number of hydrogen-bond donors (Lipinski definition) is 2. The molecule has 0 unspecified atom stereocenters. The number of ether oxygens (including phenoxy) is 1. The topological polar surface area (TPSA) is 54.1 Å². The van der Waals surface area contributed by atoms with E-state index in [1.807, 2.05) is 0 Å². The zero-order valence-corrected chi connectivity index (χ0v) is 17.5. The quantitative estimate of drug-likeness (QED) is 0.0756. The molecule has 2 N–H and O–H groups in total. The van der Waals surface area contributed by atoms with Crippen LogP contribution >= 0.6 is 11.9 Å². The average molecular weight is 458 g/mol. The third-order valence-corrected chi connectivity index (χ3v) is 5.54. The fraction of sp³-hybridized carbons (Fsp3) is 0.286. The van der Waals surface area contributed by atoms with Gasteiger partial charge in [0.2, 0.25) is 34.8 Å². The molecule has 31 heavy (non-hydrogen) atoms. The summed E-state index contributed by atoms with van der Waals surface area (Å²) in [7, 11) is 0. The number of halogens is 5. The van der Waals surface area contributed by atoms with Crippen molar-refractivity contribution >= 4 is 34.5 Å². The van der Waals surface area contributed by atoms with Crippen LogP contribution in [0.2, 0.25) is 0 Å². The Bertz CT molecular complexity index is 1100. The van der Waals surface area contributed by atoms with Crippen LogP contribution in [0.1, 0.15) is 42.2 Å². The molecule has 3 aromatic rings. The van der Waals surface area contributed by atoms with Crippen LogP contribution in [0.15, 0.2) is 18.2 Å². The first-order valence-electron chi connectivity index (χ1n) is 9.50. The average Bonchev–Trinajstić information content (AvgIpc) is 3.10. The molecule has 0 bridgehead atoms. The molecular formula is C21H19F5N2O2S. The minimum Gasteiger partial charge on any atom is -0.415 e. The van der Waals surface area contributed by atoms with Crippen molar-refractivity contribution < 1.29 is 31.5 Å². The lowest BCUT2D eigenvalue weighted by molar-refractivity contribution is 0.0710. The number of hydrogen-bond acceptors (Lipinski definition) is 4. The van der Waals surface area contributed by atoms with Crippen LogP contribution in [0, 0.1) is 36.0 Å². The number of aromatic amines is 1. The largest absolute Gasteiger partial charge is 0.415 e. The van der Waals surface area contributed by atoms with E-state index in [1.165, 1.54) is 0 Å². The third kappa shape index (κ3) is 4.63. The van der Waals surface area contributed by atoms with E-state index in [0.717, 1.165) is 30.7 Å². The van der Waals surface area contributed by atoms with Gasteiger partial charge in [-0.15, -0.1) is 0 Å². The Morgan fingerprint density at radius 1 is 1.03 bits per heavy atom. The molecular weight excluding hydrogens is 439 g/mol. The number of rotatable bonds is 8. The Labute approximate surface area is 179 Å². The van der Waals surface area contributed by atoms with Crippen molar-refractivity contribution in [2.75, 3.05) is 10.5 Å². The summed E-state index contributed by atoms with van der Waals surface area (Å²) in [6, 6.07) is 5.26. The highest BCUT2D eigenvalue weighted by molar-refractivity contribution is 8.00. The van der Waals surface area contributed by atoms with Crippen molar-refractivity contribution in [3.63, 3.8) is 0 Å². The van der Waals surface area contributed by atoms with E-state index in [9.17, 15) is 26.7 Å². The maximum atomic E-state index is 13.8. The fourth-order valence-electron chi connectivity index (χ4n) is 2.97. The van der Waals surface area contributed by atoms with Gasteiger partial charge in [0.15, 0.2) is 0 Å². The predicted octanol–water partition coefficient (Wildman–Crippen LogP) is 6.64. The number of benzene rings is 2. The van der Waals surface area contributed by atoms with Gasteiger partial charge in [0, 0.05) is 22.3 Å². The number of nitrogens with one attached hydrogen (secondary N) is 2. The standard InChI is InChI=1S/C21H19F5N2O2S/c1-3-4-5-8-31-28-11-6-7-13-12(9-11)10(2)19(27-13)21(29)30-20-17(25)15(23)14(22)16(24)18(20)26/h6-7,9,27-28H,3-5,8H2,1-2H3. The lowest BCUT2D eigenvalue weighted by atomic mass is 10.1. The maximum Gasteiger partial charge on any atom is 0.360 e. The Balaban J connectivity index is 1.83. The SMILES string of the molecule is CCCCCSNc1ccc2[nH]c(C(=O)Oc3c(F)c(F)c(F)c(F)c3F)c(C)c2c1. The molecule has 0 aliphatic rings. The highest BCUT2D eigenvalue weighted by atomic mass is 32.2. The number of esters is 1. The third-order valence-electron chi connectivity index (χ3n) is 4.67. The van der Waals surface area contributed by atoms with Crippen LogP contribution in [0.25, 0.3) is 10.9 Å². The summed E-state index contributed by atoms with van der Waals surface area (Å²) in [6.45, 7) is 3.70. The van der Waals surface area contributed by atoms with Gasteiger partial charge < -0.3 is 14.4 Å². The van der Waals surface area contributed by atoms with Crippen molar-refractivity contribution in [1.82, 2.24) is 4.98 Å². The zero-order chi connectivity index (χ0) is 22.7. The van der Waals surface area contributed by atoms with Gasteiger partial charge in [-0.2, -0.15) is 8.78 Å². The van der Waals surface area contributed by atoms with E-state index in [0.29, 0.717) is 16.5 Å². The molecule has 0 spiro atoms. The number of aromatic nitrogens is 1. The highest BCUT2D eigenvalue weighted by Gasteiger charge is 2.29. The second-order valence-electron chi connectivity index (χ2n) is 6.83. The van der Waals surface area contributed by atoms with Gasteiger partial charge in [-0.3, -0.25) is 0 Å². The Kier molecular flexibility index (Phi) is 7.09. The molecule has 1 heterocycles. The van der Waals surface area contributed by atoms with E-state index in [1.54, 1.807) is 37.1 Å². The minimum absolute atomic E-state index is 0.160. The summed E-state index contributed by atoms with van der Waals surface area (Å²) in [5.74, 6) is -13.1. The number of H-pyrrole nitrogens is 1. The van der Waals surface area contributed by atoms with Gasteiger partial charge in [-0.05, 0) is 37.1 Å². The van der Waals surface area contributed by atoms with Crippen LogP contribution in [0.3, 0.4) is 0 Å². The first-order valence-corrected chi connectivity index (χ1v) is 10.5. The normalized spacial score (nSPS) is 11.2. The van der Waals surface area contributed by atoms with Crippen molar-refractivity contribution in [3.05, 3.63) is 58.5 Å². The Morgan fingerprint density at radius 3 is 2.32 bits per heavy atom. The molecule has 4 nitrogen and oxygen atoms in total. The predicted molar refractivity (Wildman–Crippen MR) is 110 cm³/mol. The number of aryl methyl sites for hydroxylation is 1. The summed E-state index contributed by atoms with van der Waals surface area (Å²) in [5.41, 5.74) is 1.58. The second kappa shape index (κ2) is 9.59. The molecule has 166 valence electrons. The summed E-state index contributed by atoms with van der Waals surface area (Å²) in [5, 5.41) is 0.642. The monoisotopic (exact) mass is 458 g/mol. The molecule has 0 fully saturated rings. The molecule has 0 saturated heterocycles. The molecule has 0 aliphatic heterocycles. The first kappa shape index (κ1) is 22.9. The van der Waals surface area contributed by atoms with E-state index in [2.05, 4.69) is 21.4 Å². The number of carbonyl (C=O) groups is 1. The number of anilines is 1. The van der Waals surface area contributed by atoms with Crippen molar-refractivity contribution in [3.8, 4) is 5.75 Å². The molecule has 0 radical (unpaired) electrons. The molecule has 3 rings (SSSR count). The smallest absolute Gasteiger partial charge is 0.360 e. The highest BCUT2D eigenvalue weighted by Crippen LogP contribution is 2.31.